The number of aryl methyl sites for hydroxylation is 2. The smallest absolute Gasteiger partial charge is 0.239 e. The highest BCUT2D eigenvalue weighted by atomic mass is 32.2. The minimum atomic E-state index is -0.277. The standard InChI is InChI=1S/C17H26N2O2S/c1-12-6-7-14(10-13(12)2)22-9-8-15(20)18-11-16(21)19-17(3,4)5/h6-7,10H,8-9,11H2,1-5H3,(H,18,20)(H,19,21). The maximum Gasteiger partial charge on any atom is 0.239 e. The van der Waals surface area contributed by atoms with Gasteiger partial charge in [-0.3, -0.25) is 9.59 Å². The van der Waals surface area contributed by atoms with Crippen molar-refractivity contribution in [3.8, 4) is 0 Å². The lowest BCUT2D eigenvalue weighted by atomic mass is 10.1. The second kappa shape index (κ2) is 8.22. The molecule has 2 amide bonds. The fourth-order valence-corrected chi connectivity index (χ4v) is 2.74. The van der Waals surface area contributed by atoms with Crippen LogP contribution in [-0.4, -0.2) is 29.7 Å². The number of hydrogen-bond donors (Lipinski definition) is 2. The summed E-state index contributed by atoms with van der Waals surface area (Å²) in [7, 11) is 0. The Balaban J connectivity index is 2.26. The van der Waals surface area contributed by atoms with Gasteiger partial charge in [0.1, 0.15) is 0 Å². The molecule has 0 saturated heterocycles. The molecule has 0 aliphatic rings. The number of carbonyl (C=O) groups is 2. The van der Waals surface area contributed by atoms with Crippen molar-refractivity contribution in [1.82, 2.24) is 10.6 Å². The summed E-state index contributed by atoms with van der Waals surface area (Å²) in [5.74, 6) is 0.443. The number of carbonyl (C=O) groups excluding carboxylic acids is 2. The van der Waals surface area contributed by atoms with Crippen molar-refractivity contribution in [3.63, 3.8) is 0 Å². The Morgan fingerprint density at radius 2 is 1.77 bits per heavy atom. The van der Waals surface area contributed by atoms with Gasteiger partial charge in [0.15, 0.2) is 0 Å². The van der Waals surface area contributed by atoms with Crippen molar-refractivity contribution in [3.05, 3.63) is 29.3 Å². The molecule has 1 aromatic carbocycles. The van der Waals surface area contributed by atoms with E-state index in [1.54, 1.807) is 11.8 Å². The maximum absolute atomic E-state index is 11.7. The molecule has 0 atom stereocenters. The lowest BCUT2D eigenvalue weighted by molar-refractivity contribution is -0.126. The first-order valence-corrected chi connectivity index (χ1v) is 8.44. The summed E-state index contributed by atoms with van der Waals surface area (Å²) in [4.78, 5) is 24.5. The summed E-state index contributed by atoms with van der Waals surface area (Å²) in [5, 5.41) is 5.46. The van der Waals surface area contributed by atoms with E-state index >= 15 is 0 Å². The topological polar surface area (TPSA) is 58.2 Å². The predicted octanol–water partition coefficient (Wildman–Crippen LogP) is 2.82. The highest BCUT2D eigenvalue weighted by Crippen LogP contribution is 2.21. The Bertz CT molecular complexity index is 536. The Hall–Kier alpha value is -1.49. The second-order valence-corrected chi connectivity index (χ2v) is 7.59. The largest absolute Gasteiger partial charge is 0.350 e. The van der Waals surface area contributed by atoms with Gasteiger partial charge in [0.05, 0.1) is 6.54 Å². The number of hydrogen-bond acceptors (Lipinski definition) is 3. The van der Waals surface area contributed by atoms with E-state index < -0.39 is 0 Å². The summed E-state index contributed by atoms with van der Waals surface area (Å²) in [6.45, 7) is 9.93. The first-order valence-electron chi connectivity index (χ1n) is 7.45. The van der Waals surface area contributed by atoms with E-state index in [0.717, 1.165) is 0 Å². The molecule has 2 N–H and O–H groups in total. The predicted molar refractivity (Wildman–Crippen MR) is 92.2 cm³/mol. The zero-order valence-corrected chi connectivity index (χ0v) is 14.9. The van der Waals surface area contributed by atoms with Crippen molar-refractivity contribution >= 4 is 23.6 Å². The van der Waals surface area contributed by atoms with E-state index in [2.05, 4.69) is 42.7 Å². The Kier molecular flexibility index (Phi) is 6.94. The average Bonchev–Trinajstić information content (AvgIpc) is 2.38. The Labute approximate surface area is 137 Å². The minimum Gasteiger partial charge on any atom is -0.350 e. The van der Waals surface area contributed by atoms with Gasteiger partial charge in [-0.2, -0.15) is 0 Å². The maximum atomic E-state index is 11.7. The van der Waals surface area contributed by atoms with E-state index in [1.165, 1.54) is 16.0 Å². The number of benzene rings is 1. The highest BCUT2D eigenvalue weighted by molar-refractivity contribution is 7.99. The average molecular weight is 322 g/mol. The molecule has 0 bridgehead atoms. The van der Waals surface area contributed by atoms with Crippen LogP contribution in [0.25, 0.3) is 0 Å². The number of rotatable bonds is 6. The fourth-order valence-electron chi connectivity index (χ4n) is 1.79. The zero-order valence-electron chi connectivity index (χ0n) is 14.1. The van der Waals surface area contributed by atoms with E-state index in [9.17, 15) is 9.59 Å². The van der Waals surface area contributed by atoms with Crippen LogP contribution in [-0.2, 0) is 9.59 Å². The van der Waals surface area contributed by atoms with Crippen molar-refractivity contribution in [1.29, 1.82) is 0 Å². The molecular formula is C17H26N2O2S. The lowest BCUT2D eigenvalue weighted by Gasteiger charge is -2.20. The van der Waals surface area contributed by atoms with Crippen LogP contribution in [0, 0.1) is 13.8 Å². The molecule has 122 valence electrons. The second-order valence-electron chi connectivity index (χ2n) is 6.42. The van der Waals surface area contributed by atoms with Gasteiger partial charge in [-0.05, 0) is 57.9 Å². The number of thioether (sulfide) groups is 1. The number of nitrogens with one attached hydrogen (secondary N) is 2. The third-order valence-electron chi connectivity index (χ3n) is 3.04. The fraction of sp³-hybridized carbons (Fsp3) is 0.529. The molecule has 0 heterocycles. The third-order valence-corrected chi connectivity index (χ3v) is 4.03. The van der Waals surface area contributed by atoms with Gasteiger partial charge in [0, 0.05) is 22.6 Å². The van der Waals surface area contributed by atoms with Gasteiger partial charge in [0.25, 0.3) is 0 Å². The quantitative estimate of drug-likeness (QED) is 0.792. The van der Waals surface area contributed by atoms with Crippen LogP contribution >= 0.6 is 11.8 Å². The van der Waals surface area contributed by atoms with Crippen molar-refractivity contribution < 1.29 is 9.59 Å². The molecule has 0 unspecified atom stereocenters. The Morgan fingerprint density at radius 3 is 2.36 bits per heavy atom. The van der Waals surface area contributed by atoms with E-state index in [4.69, 9.17) is 0 Å². The lowest BCUT2D eigenvalue weighted by Crippen LogP contribution is -2.45. The first-order chi connectivity index (χ1) is 10.2. The summed E-state index contributed by atoms with van der Waals surface area (Å²) >= 11 is 1.65. The molecular weight excluding hydrogens is 296 g/mol. The van der Waals surface area contributed by atoms with E-state index in [-0.39, 0.29) is 23.9 Å². The molecule has 0 spiro atoms. The van der Waals surface area contributed by atoms with Crippen LogP contribution in [0.1, 0.15) is 38.3 Å². The van der Waals surface area contributed by atoms with Gasteiger partial charge in [-0.25, -0.2) is 0 Å². The monoisotopic (exact) mass is 322 g/mol. The van der Waals surface area contributed by atoms with Gasteiger partial charge in [-0.1, -0.05) is 6.07 Å². The van der Waals surface area contributed by atoms with E-state index in [1.807, 2.05) is 20.8 Å². The molecule has 0 aliphatic heterocycles. The highest BCUT2D eigenvalue weighted by Gasteiger charge is 2.14. The van der Waals surface area contributed by atoms with E-state index in [0.29, 0.717) is 12.2 Å². The van der Waals surface area contributed by atoms with Crippen molar-refractivity contribution in [2.24, 2.45) is 0 Å². The van der Waals surface area contributed by atoms with Gasteiger partial charge in [0.2, 0.25) is 11.8 Å². The molecule has 4 nitrogen and oxygen atoms in total. The zero-order chi connectivity index (χ0) is 16.8. The van der Waals surface area contributed by atoms with Crippen molar-refractivity contribution in [2.75, 3.05) is 12.3 Å². The molecule has 0 fully saturated rings. The van der Waals surface area contributed by atoms with Gasteiger partial charge in [-0.15, -0.1) is 11.8 Å². The number of amides is 2. The molecule has 1 aromatic rings. The minimum absolute atomic E-state index is 0.0322. The summed E-state index contributed by atoms with van der Waals surface area (Å²) in [5.41, 5.74) is 2.25. The van der Waals surface area contributed by atoms with Crippen molar-refractivity contribution in [2.45, 2.75) is 51.5 Å². The SMILES string of the molecule is Cc1ccc(SCCC(=O)NCC(=O)NC(C)(C)C)cc1C. The molecule has 5 heteroatoms. The third kappa shape index (κ3) is 7.50. The summed E-state index contributed by atoms with van der Waals surface area (Å²) < 4.78 is 0. The molecule has 22 heavy (non-hydrogen) atoms. The molecule has 0 aromatic heterocycles. The van der Waals surface area contributed by atoms with Crippen LogP contribution in [0.15, 0.2) is 23.1 Å². The van der Waals surface area contributed by atoms with Gasteiger partial charge >= 0.3 is 0 Å². The molecule has 0 aliphatic carbocycles. The summed E-state index contributed by atoms with van der Waals surface area (Å²) in [6.07, 6.45) is 0.403. The van der Waals surface area contributed by atoms with Crippen LogP contribution in [0.4, 0.5) is 0 Å². The molecule has 0 saturated carbocycles. The van der Waals surface area contributed by atoms with Crippen LogP contribution in [0.2, 0.25) is 0 Å². The van der Waals surface area contributed by atoms with Crippen LogP contribution in [0.3, 0.4) is 0 Å². The molecule has 1 rings (SSSR count). The Morgan fingerprint density at radius 1 is 1.09 bits per heavy atom. The van der Waals surface area contributed by atoms with Crippen LogP contribution < -0.4 is 10.6 Å². The first kappa shape index (κ1) is 18.6. The molecule has 0 radical (unpaired) electrons. The van der Waals surface area contributed by atoms with Gasteiger partial charge < -0.3 is 10.6 Å². The van der Waals surface area contributed by atoms with Crippen LogP contribution in [0.5, 0.6) is 0 Å². The normalized spacial score (nSPS) is 11.1. The summed E-state index contributed by atoms with van der Waals surface area (Å²) in [6, 6.07) is 6.30.